The van der Waals surface area contributed by atoms with Gasteiger partial charge in [-0.25, -0.2) is 4.98 Å². The molecule has 1 aromatic rings. The highest BCUT2D eigenvalue weighted by Gasteiger charge is 2.22. The molecule has 2 rings (SSSR count). The van der Waals surface area contributed by atoms with E-state index in [2.05, 4.69) is 10.3 Å². The van der Waals surface area contributed by atoms with Gasteiger partial charge in [0.05, 0.1) is 0 Å². The molecule has 4 nitrogen and oxygen atoms in total. The van der Waals surface area contributed by atoms with Gasteiger partial charge in [-0.2, -0.15) is 0 Å². The normalized spacial score (nSPS) is 17.1. The Bertz CT molecular complexity index is 417. The van der Waals surface area contributed by atoms with Gasteiger partial charge >= 0.3 is 0 Å². The molecular weight excluding hydrogens is 228 g/mol. The molecule has 4 heteroatoms. The van der Waals surface area contributed by atoms with Gasteiger partial charge < -0.3 is 9.73 Å². The van der Waals surface area contributed by atoms with Crippen molar-refractivity contribution in [3.05, 3.63) is 17.3 Å². The van der Waals surface area contributed by atoms with Crippen LogP contribution in [-0.2, 0) is 0 Å². The predicted molar refractivity (Wildman–Crippen MR) is 69.7 cm³/mol. The van der Waals surface area contributed by atoms with E-state index in [1.54, 1.807) is 6.92 Å². The Labute approximate surface area is 108 Å². The summed E-state index contributed by atoms with van der Waals surface area (Å²) in [4.78, 5) is 16.4. The lowest BCUT2D eigenvalue weighted by atomic mass is 9.95. The number of nitrogens with one attached hydrogen (secondary N) is 1. The highest BCUT2D eigenvalue weighted by atomic mass is 16.4. The van der Waals surface area contributed by atoms with E-state index in [1.165, 1.54) is 19.3 Å². The van der Waals surface area contributed by atoms with Crippen LogP contribution >= 0.6 is 0 Å². The Morgan fingerprint density at radius 2 is 2.00 bits per heavy atom. The number of amides is 1. The van der Waals surface area contributed by atoms with Crippen LogP contribution in [0.3, 0.4) is 0 Å². The molecule has 0 atom stereocenters. The monoisotopic (exact) mass is 250 g/mol. The molecule has 0 unspecified atom stereocenters. The van der Waals surface area contributed by atoms with Gasteiger partial charge in [0.1, 0.15) is 5.76 Å². The van der Waals surface area contributed by atoms with E-state index >= 15 is 0 Å². The molecule has 0 radical (unpaired) electrons. The molecular formula is C14H22N2O2. The van der Waals surface area contributed by atoms with Crippen molar-refractivity contribution in [1.82, 2.24) is 10.3 Å². The lowest BCUT2D eigenvalue weighted by molar-refractivity contribution is 0.0921. The Kier molecular flexibility index (Phi) is 4.04. The smallest absolute Gasteiger partial charge is 0.273 e. The molecule has 100 valence electrons. The fraction of sp³-hybridized carbons (Fsp3) is 0.714. The Hall–Kier alpha value is -1.32. The molecule has 18 heavy (non-hydrogen) atoms. The zero-order chi connectivity index (χ0) is 13.1. The summed E-state index contributed by atoms with van der Waals surface area (Å²) < 4.78 is 5.51. The van der Waals surface area contributed by atoms with E-state index in [4.69, 9.17) is 4.42 Å². The second-order valence-electron chi connectivity index (χ2n) is 5.42. The number of oxazole rings is 1. The summed E-state index contributed by atoms with van der Waals surface area (Å²) in [5.41, 5.74) is 0.448. The average Bonchev–Trinajstić information content (AvgIpc) is 2.73. The number of aromatic nitrogens is 1. The zero-order valence-electron chi connectivity index (χ0n) is 11.5. The molecule has 0 aromatic carbocycles. The number of hydrogen-bond acceptors (Lipinski definition) is 3. The minimum atomic E-state index is -0.0879. The Morgan fingerprint density at radius 1 is 1.33 bits per heavy atom. The molecule has 1 saturated carbocycles. The lowest BCUT2D eigenvalue weighted by Crippen LogP contribution is -2.36. The van der Waals surface area contributed by atoms with Gasteiger partial charge in [-0.15, -0.1) is 0 Å². The minimum Gasteiger partial charge on any atom is -0.445 e. The maximum absolute atomic E-state index is 12.1. The number of hydrogen-bond donors (Lipinski definition) is 1. The van der Waals surface area contributed by atoms with Crippen molar-refractivity contribution in [1.29, 1.82) is 0 Å². The first-order valence-electron chi connectivity index (χ1n) is 6.86. The maximum Gasteiger partial charge on any atom is 0.273 e. The second kappa shape index (κ2) is 5.55. The van der Waals surface area contributed by atoms with Crippen LogP contribution in [0.25, 0.3) is 0 Å². The third-order valence-corrected chi connectivity index (χ3v) is 3.46. The van der Waals surface area contributed by atoms with E-state index in [9.17, 15) is 4.79 Å². The van der Waals surface area contributed by atoms with Gasteiger partial charge in [-0.1, -0.05) is 33.1 Å². The van der Waals surface area contributed by atoms with Crippen molar-refractivity contribution < 1.29 is 9.21 Å². The van der Waals surface area contributed by atoms with Crippen LogP contribution in [0.2, 0.25) is 0 Å². The molecule has 1 aromatic heterocycles. The van der Waals surface area contributed by atoms with Crippen molar-refractivity contribution in [3.63, 3.8) is 0 Å². The lowest BCUT2D eigenvalue weighted by Gasteiger charge is -2.22. The molecule has 1 aliphatic rings. The fourth-order valence-electron chi connectivity index (χ4n) is 2.38. The summed E-state index contributed by atoms with van der Waals surface area (Å²) >= 11 is 0. The van der Waals surface area contributed by atoms with Crippen LogP contribution in [0.15, 0.2) is 4.42 Å². The Morgan fingerprint density at radius 3 is 2.56 bits per heavy atom. The highest BCUT2D eigenvalue weighted by molar-refractivity contribution is 5.93. The number of carbonyl (C=O) groups excluding carboxylic acids is 1. The number of rotatable bonds is 3. The summed E-state index contributed by atoms with van der Waals surface area (Å²) in [5.74, 6) is 1.38. The molecule has 1 amide bonds. The first-order chi connectivity index (χ1) is 8.58. The largest absolute Gasteiger partial charge is 0.445 e. The van der Waals surface area contributed by atoms with Gasteiger partial charge in [-0.3, -0.25) is 4.79 Å². The molecule has 1 N–H and O–H groups in total. The predicted octanol–water partition coefficient (Wildman–Crippen LogP) is 3.17. The topological polar surface area (TPSA) is 55.1 Å². The van der Waals surface area contributed by atoms with Crippen LogP contribution < -0.4 is 5.32 Å². The number of carbonyl (C=O) groups is 1. The van der Waals surface area contributed by atoms with E-state index < -0.39 is 0 Å². The summed E-state index contributed by atoms with van der Waals surface area (Å²) in [6.07, 6.45) is 5.87. The number of nitrogens with zero attached hydrogens (tertiary/aromatic N) is 1. The first kappa shape index (κ1) is 13.1. The summed E-state index contributed by atoms with van der Waals surface area (Å²) in [7, 11) is 0. The second-order valence-corrected chi connectivity index (χ2v) is 5.42. The standard InChI is InChI=1S/C14H22N2O2/c1-9(2)14-16-12(10(3)18-14)13(17)15-11-7-5-4-6-8-11/h9,11H,4-8H2,1-3H3,(H,15,17). The molecule has 1 fully saturated rings. The summed E-state index contributed by atoms with van der Waals surface area (Å²) in [6.45, 7) is 5.82. The van der Waals surface area contributed by atoms with E-state index in [-0.39, 0.29) is 11.8 Å². The van der Waals surface area contributed by atoms with E-state index in [1.807, 2.05) is 13.8 Å². The highest BCUT2D eigenvalue weighted by Crippen LogP contribution is 2.20. The van der Waals surface area contributed by atoms with Crippen molar-refractivity contribution in [3.8, 4) is 0 Å². The summed E-state index contributed by atoms with van der Waals surface area (Å²) in [5, 5.41) is 3.07. The van der Waals surface area contributed by atoms with Crippen LogP contribution in [0.5, 0.6) is 0 Å². The van der Waals surface area contributed by atoms with Crippen LogP contribution in [-0.4, -0.2) is 16.9 Å². The van der Waals surface area contributed by atoms with E-state index in [0.29, 0.717) is 23.4 Å². The summed E-state index contributed by atoms with van der Waals surface area (Å²) in [6, 6.07) is 0.310. The Balaban J connectivity index is 2.03. The minimum absolute atomic E-state index is 0.0879. The fourth-order valence-corrected chi connectivity index (χ4v) is 2.38. The molecule has 0 saturated heterocycles. The van der Waals surface area contributed by atoms with Crippen molar-refractivity contribution in [2.24, 2.45) is 0 Å². The molecule has 0 bridgehead atoms. The van der Waals surface area contributed by atoms with Crippen LogP contribution in [0, 0.1) is 6.92 Å². The SMILES string of the molecule is Cc1oc(C(C)C)nc1C(=O)NC1CCCCC1. The van der Waals surface area contributed by atoms with E-state index in [0.717, 1.165) is 12.8 Å². The van der Waals surface area contributed by atoms with Crippen molar-refractivity contribution in [2.75, 3.05) is 0 Å². The van der Waals surface area contributed by atoms with Crippen LogP contribution in [0.4, 0.5) is 0 Å². The van der Waals surface area contributed by atoms with Gasteiger partial charge in [0, 0.05) is 12.0 Å². The first-order valence-corrected chi connectivity index (χ1v) is 6.86. The van der Waals surface area contributed by atoms with Gasteiger partial charge in [0.25, 0.3) is 5.91 Å². The van der Waals surface area contributed by atoms with Crippen molar-refractivity contribution in [2.45, 2.75) is 64.8 Å². The average molecular weight is 250 g/mol. The maximum atomic E-state index is 12.1. The molecule has 0 spiro atoms. The van der Waals surface area contributed by atoms with Gasteiger partial charge in [0.15, 0.2) is 11.6 Å². The quantitative estimate of drug-likeness (QED) is 0.896. The van der Waals surface area contributed by atoms with Gasteiger partial charge in [0.2, 0.25) is 0 Å². The zero-order valence-corrected chi connectivity index (χ0v) is 11.5. The molecule has 0 aliphatic heterocycles. The third-order valence-electron chi connectivity index (χ3n) is 3.46. The third kappa shape index (κ3) is 2.92. The number of aryl methyl sites for hydroxylation is 1. The van der Waals surface area contributed by atoms with Crippen LogP contribution in [0.1, 0.15) is 74.0 Å². The molecule has 1 aliphatic carbocycles. The van der Waals surface area contributed by atoms with Crippen molar-refractivity contribution >= 4 is 5.91 Å². The molecule has 1 heterocycles. The van der Waals surface area contributed by atoms with Gasteiger partial charge in [-0.05, 0) is 19.8 Å².